The van der Waals surface area contributed by atoms with Crippen molar-refractivity contribution in [2.24, 2.45) is 13.0 Å². The van der Waals surface area contributed by atoms with Gasteiger partial charge in [0.05, 0.1) is 5.52 Å². The largest absolute Gasteiger partial charge is 0.512 e. The van der Waals surface area contributed by atoms with Crippen molar-refractivity contribution in [1.82, 2.24) is 19.3 Å². The van der Waals surface area contributed by atoms with Gasteiger partial charge in [0.2, 0.25) is 11.8 Å². The van der Waals surface area contributed by atoms with Crippen LogP contribution in [0.3, 0.4) is 0 Å². The second kappa shape index (κ2) is 8.65. The number of para-hydroxylation sites is 1. The minimum Gasteiger partial charge on any atom is -0.449 e. The van der Waals surface area contributed by atoms with Crippen LogP contribution in [-0.2, 0) is 18.4 Å². The number of rotatable bonds is 4. The molecular weight excluding hydrogens is 384 g/mol. The molecule has 0 spiro atoms. The molecule has 2 aliphatic rings. The van der Waals surface area contributed by atoms with Gasteiger partial charge >= 0.3 is 6.16 Å². The van der Waals surface area contributed by atoms with Gasteiger partial charge in [0.25, 0.3) is 0 Å². The van der Waals surface area contributed by atoms with Crippen LogP contribution in [0.1, 0.15) is 18.4 Å². The molecule has 0 atom stereocenters. The Hall–Kier alpha value is -2.58. The first-order chi connectivity index (χ1) is 14.4. The maximum Gasteiger partial charge on any atom is 0.512 e. The predicted octanol–water partition coefficient (Wildman–Crippen LogP) is 2.22. The summed E-state index contributed by atoms with van der Waals surface area (Å²) in [4.78, 5) is 30.5. The zero-order valence-electron chi connectivity index (χ0n) is 17.7. The smallest absolute Gasteiger partial charge is 0.449 e. The maximum absolute atomic E-state index is 12.9. The van der Waals surface area contributed by atoms with E-state index in [9.17, 15) is 9.59 Å². The highest BCUT2D eigenvalue weighted by molar-refractivity contribution is 5.86. The Bertz CT molecular complexity index is 925. The van der Waals surface area contributed by atoms with Gasteiger partial charge in [-0.1, -0.05) is 18.2 Å². The number of fused-ring (bicyclic) bond motifs is 1. The van der Waals surface area contributed by atoms with Crippen LogP contribution in [-0.4, -0.2) is 82.8 Å². The average Bonchev–Trinajstić information content (AvgIpc) is 3.04. The lowest BCUT2D eigenvalue weighted by Crippen LogP contribution is -2.51. The van der Waals surface area contributed by atoms with E-state index >= 15 is 0 Å². The third-order valence-electron chi connectivity index (χ3n) is 6.43. The van der Waals surface area contributed by atoms with Crippen molar-refractivity contribution < 1.29 is 19.4 Å². The van der Waals surface area contributed by atoms with Gasteiger partial charge in [-0.2, -0.15) is 0 Å². The molecule has 1 amide bonds. The molecule has 1 aromatic carbocycles. The summed E-state index contributed by atoms with van der Waals surface area (Å²) < 4.78 is 6.69. The Balaban J connectivity index is 1.39. The number of aromatic nitrogens is 1. The molecule has 0 saturated carbocycles. The summed E-state index contributed by atoms with van der Waals surface area (Å²) in [7, 11) is 3.94. The van der Waals surface area contributed by atoms with E-state index < -0.39 is 6.16 Å². The lowest BCUT2D eigenvalue weighted by molar-refractivity contribution is -0.138. The number of piperazine rings is 1. The molecule has 162 valence electrons. The number of amides is 1. The van der Waals surface area contributed by atoms with Crippen LogP contribution in [0.5, 0.6) is 5.88 Å². The third-order valence-corrected chi connectivity index (χ3v) is 6.43. The van der Waals surface area contributed by atoms with Crippen molar-refractivity contribution in [3.05, 3.63) is 29.8 Å². The van der Waals surface area contributed by atoms with E-state index in [1.54, 1.807) is 10.6 Å². The van der Waals surface area contributed by atoms with Crippen molar-refractivity contribution in [2.45, 2.75) is 19.4 Å². The normalized spacial score (nSPS) is 19.3. The Morgan fingerprint density at radius 3 is 2.43 bits per heavy atom. The standard InChI is InChI=1S/C22H30N4O4/c1-23-8-6-16(7-9-23)21(27)26-12-10-25(11-13-26)15-18-5-3-4-17-14-19(30-22(28)29)24(2)20(17)18/h3-5,14,16H,6-13,15H2,1-2H3,(H,28,29). The van der Waals surface area contributed by atoms with Crippen LogP contribution in [0.2, 0.25) is 0 Å². The lowest BCUT2D eigenvalue weighted by Gasteiger charge is -2.38. The Morgan fingerprint density at radius 2 is 1.77 bits per heavy atom. The highest BCUT2D eigenvalue weighted by atomic mass is 16.7. The summed E-state index contributed by atoms with van der Waals surface area (Å²) in [5.41, 5.74) is 2.11. The van der Waals surface area contributed by atoms with E-state index in [4.69, 9.17) is 9.84 Å². The number of piperidine rings is 1. The van der Waals surface area contributed by atoms with E-state index in [1.165, 1.54) is 0 Å². The van der Waals surface area contributed by atoms with Gasteiger partial charge in [-0.05, 0) is 38.5 Å². The van der Waals surface area contributed by atoms with Gasteiger partial charge in [-0.25, -0.2) is 4.79 Å². The molecule has 2 aromatic rings. The first kappa shape index (κ1) is 20.7. The molecule has 4 rings (SSSR count). The van der Waals surface area contributed by atoms with Crippen LogP contribution < -0.4 is 4.74 Å². The molecule has 0 radical (unpaired) electrons. The number of ether oxygens (including phenoxy) is 1. The second-order valence-electron chi connectivity index (χ2n) is 8.44. The van der Waals surface area contributed by atoms with Gasteiger partial charge in [-0.3, -0.25) is 9.69 Å². The van der Waals surface area contributed by atoms with E-state index in [0.717, 1.165) is 75.1 Å². The van der Waals surface area contributed by atoms with Crippen LogP contribution in [0, 0.1) is 5.92 Å². The zero-order valence-corrected chi connectivity index (χ0v) is 17.7. The van der Waals surface area contributed by atoms with Gasteiger partial charge < -0.3 is 24.2 Å². The quantitative estimate of drug-likeness (QED) is 0.773. The first-order valence-corrected chi connectivity index (χ1v) is 10.6. The number of benzene rings is 1. The SMILES string of the molecule is CN1CCC(C(=O)N2CCN(Cc3cccc4cc(OC(=O)O)n(C)c34)CC2)CC1. The Kier molecular flexibility index (Phi) is 5.97. The predicted molar refractivity (Wildman–Crippen MR) is 114 cm³/mol. The molecule has 30 heavy (non-hydrogen) atoms. The molecule has 3 heterocycles. The molecule has 8 heteroatoms. The average molecular weight is 415 g/mol. The minimum absolute atomic E-state index is 0.178. The van der Waals surface area contributed by atoms with Crippen LogP contribution >= 0.6 is 0 Å². The second-order valence-corrected chi connectivity index (χ2v) is 8.44. The maximum atomic E-state index is 12.9. The van der Waals surface area contributed by atoms with Gasteiger partial charge in [-0.15, -0.1) is 0 Å². The van der Waals surface area contributed by atoms with Crippen LogP contribution in [0.25, 0.3) is 10.9 Å². The fourth-order valence-corrected chi connectivity index (χ4v) is 4.67. The Labute approximate surface area is 176 Å². The van der Waals surface area contributed by atoms with Gasteiger partial charge in [0.15, 0.2) is 0 Å². The number of hydrogen-bond donors (Lipinski definition) is 1. The summed E-state index contributed by atoms with van der Waals surface area (Å²) in [6, 6.07) is 7.78. The molecule has 8 nitrogen and oxygen atoms in total. The molecule has 0 aliphatic carbocycles. The van der Waals surface area contributed by atoms with Crippen molar-refractivity contribution in [2.75, 3.05) is 46.3 Å². The highest BCUT2D eigenvalue weighted by Crippen LogP contribution is 2.28. The number of carbonyl (C=O) groups is 2. The van der Waals surface area contributed by atoms with Gasteiger partial charge in [0, 0.05) is 57.1 Å². The number of carboxylic acid groups (broad SMARTS) is 1. The van der Waals surface area contributed by atoms with Crippen molar-refractivity contribution >= 4 is 23.0 Å². The summed E-state index contributed by atoms with van der Waals surface area (Å²) >= 11 is 0. The number of aryl methyl sites for hydroxylation is 1. The molecule has 2 aliphatic heterocycles. The fourth-order valence-electron chi connectivity index (χ4n) is 4.67. The number of likely N-dealkylation sites (tertiary alicyclic amines) is 1. The monoisotopic (exact) mass is 414 g/mol. The molecule has 0 unspecified atom stereocenters. The number of nitrogens with zero attached hydrogens (tertiary/aromatic N) is 4. The highest BCUT2D eigenvalue weighted by Gasteiger charge is 2.29. The van der Waals surface area contributed by atoms with E-state index in [1.807, 2.05) is 24.1 Å². The van der Waals surface area contributed by atoms with Crippen LogP contribution in [0.4, 0.5) is 4.79 Å². The third kappa shape index (κ3) is 4.29. The molecular formula is C22H30N4O4. The lowest BCUT2D eigenvalue weighted by atomic mass is 9.95. The van der Waals surface area contributed by atoms with Crippen molar-refractivity contribution in [3.8, 4) is 5.88 Å². The summed E-state index contributed by atoms with van der Waals surface area (Å²) in [5, 5.41) is 9.91. The van der Waals surface area contributed by atoms with Crippen molar-refractivity contribution in [1.29, 1.82) is 0 Å². The van der Waals surface area contributed by atoms with E-state index in [0.29, 0.717) is 11.8 Å². The molecule has 2 fully saturated rings. The van der Waals surface area contributed by atoms with Gasteiger partial charge in [0.1, 0.15) is 0 Å². The fraction of sp³-hybridized carbons (Fsp3) is 0.545. The van der Waals surface area contributed by atoms with Crippen molar-refractivity contribution in [3.63, 3.8) is 0 Å². The topological polar surface area (TPSA) is 78.2 Å². The molecule has 1 aromatic heterocycles. The van der Waals surface area contributed by atoms with Crippen LogP contribution in [0.15, 0.2) is 24.3 Å². The summed E-state index contributed by atoms with van der Waals surface area (Å²) in [6.07, 6.45) is 0.616. The molecule has 2 saturated heterocycles. The summed E-state index contributed by atoms with van der Waals surface area (Å²) in [5.74, 6) is 0.818. The number of carbonyl (C=O) groups excluding carboxylic acids is 1. The molecule has 0 bridgehead atoms. The molecule has 1 N–H and O–H groups in total. The minimum atomic E-state index is -1.31. The summed E-state index contributed by atoms with van der Waals surface area (Å²) in [6.45, 7) is 5.99. The Morgan fingerprint density at radius 1 is 1.07 bits per heavy atom. The van der Waals surface area contributed by atoms with E-state index in [2.05, 4.69) is 22.9 Å². The first-order valence-electron chi connectivity index (χ1n) is 10.6. The van der Waals surface area contributed by atoms with E-state index in [-0.39, 0.29) is 5.92 Å². The number of hydrogen-bond acceptors (Lipinski definition) is 5. The zero-order chi connectivity index (χ0) is 21.3.